The molecule has 33 heavy (non-hydrogen) atoms. The molecule has 2 aliphatic rings. The first-order chi connectivity index (χ1) is 15.9. The highest BCUT2D eigenvalue weighted by molar-refractivity contribution is 6.31. The second-order valence-electron chi connectivity index (χ2n) is 8.61. The van der Waals surface area contributed by atoms with Crippen molar-refractivity contribution in [2.45, 2.75) is 57.2 Å². The van der Waals surface area contributed by atoms with Crippen LogP contribution in [0.1, 0.15) is 48.0 Å². The van der Waals surface area contributed by atoms with E-state index in [4.69, 9.17) is 16.3 Å². The summed E-state index contributed by atoms with van der Waals surface area (Å²) in [5.74, 6) is -0.513. The van der Waals surface area contributed by atoms with E-state index in [1.54, 1.807) is 41.3 Å². The molecule has 1 heterocycles. The summed E-state index contributed by atoms with van der Waals surface area (Å²) in [6.07, 6.45) is 3.40. The lowest BCUT2D eigenvalue weighted by atomic mass is 9.84. The van der Waals surface area contributed by atoms with E-state index in [0.717, 1.165) is 31.2 Å². The number of halogens is 1. The van der Waals surface area contributed by atoms with E-state index in [-0.39, 0.29) is 36.2 Å². The summed E-state index contributed by atoms with van der Waals surface area (Å²) in [5.41, 5.74) is 1.83. The normalized spacial score (nSPS) is 22.2. The maximum Gasteiger partial charge on any atom is 0.258 e. The molecule has 1 aliphatic carbocycles. The van der Waals surface area contributed by atoms with Crippen molar-refractivity contribution in [2.24, 2.45) is 0 Å². The van der Waals surface area contributed by atoms with Crippen molar-refractivity contribution >= 4 is 35.0 Å². The quantitative estimate of drug-likeness (QED) is 0.694. The smallest absolute Gasteiger partial charge is 0.258 e. The van der Waals surface area contributed by atoms with Gasteiger partial charge in [0.2, 0.25) is 11.8 Å². The van der Waals surface area contributed by atoms with Crippen molar-refractivity contribution < 1.29 is 19.1 Å². The lowest BCUT2D eigenvalue weighted by molar-refractivity contribution is -0.135. The van der Waals surface area contributed by atoms with Crippen molar-refractivity contribution in [3.63, 3.8) is 0 Å². The summed E-state index contributed by atoms with van der Waals surface area (Å²) in [6.45, 7) is 1.86. The highest BCUT2D eigenvalue weighted by Gasteiger charge is 2.46. The summed E-state index contributed by atoms with van der Waals surface area (Å²) >= 11 is 6.07. The van der Waals surface area contributed by atoms with Crippen LogP contribution in [0.5, 0.6) is 5.75 Å². The molecule has 4 rings (SSSR count). The van der Waals surface area contributed by atoms with Crippen LogP contribution in [0.25, 0.3) is 0 Å². The number of nitrogens with zero attached hydrogens (tertiary/aromatic N) is 1. The number of aryl methyl sites for hydroxylation is 1. The van der Waals surface area contributed by atoms with E-state index in [9.17, 15) is 14.4 Å². The number of piperazine rings is 1. The number of methoxy groups -OCH3 is 1. The molecule has 2 aromatic carbocycles. The van der Waals surface area contributed by atoms with Crippen LogP contribution < -0.4 is 15.4 Å². The Morgan fingerprint density at radius 2 is 1.94 bits per heavy atom. The first-order valence-electron chi connectivity index (χ1n) is 11.2. The molecule has 8 heteroatoms. The molecule has 174 valence electrons. The molecule has 1 saturated heterocycles. The van der Waals surface area contributed by atoms with E-state index in [0.29, 0.717) is 22.0 Å². The zero-order valence-electron chi connectivity index (χ0n) is 18.8. The van der Waals surface area contributed by atoms with Gasteiger partial charge < -0.3 is 20.3 Å². The fourth-order valence-electron chi connectivity index (χ4n) is 4.80. The second-order valence-corrected chi connectivity index (χ2v) is 9.04. The topological polar surface area (TPSA) is 87.7 Å². The number of amides is 3. The minimum absolute atomic E-state index is 0.112. The van der Waals surface area contributed by atoms with Gasteiger partial charge in [-0.05, 0) is 49.6 Å². The van der Waals surface area contributed by atoms with Gasteiger partial charge >= 0.3 is 0 Å². The Labute approximate surface area is 198 Å². The Kier molecular flexibility index (Phi) is 6.88. The molecule has 0 aromatic heterocycles. The molecule has 1 aliphatic heterocycles. The largest absolute Gasteiger partial charge is 0.496 e. The standard InChI is InChI=1S/C25H28ClN3O4/c1-15-11-12-16(26)13-19(15)27-23(30)14-21-24(31)28-18-8-4-5-9-20(18)29(21)25(32)17-7-3-6-10-22(17)33-2/h3,6-7,10-13,18,20-21H,4-5,8-9,14H2,1-2H3,(H,27,30)(H,28,31)/t18-,20+,21+/m0/s1. The van der Waals surface area contributed by atoms with Crippen LogP contribution in [-0.4, -0.2) is 47.9 Å². The number of rotatable bonds is 5. The number of para-hydroxylation sites is 1. The highest BCUT2D eigenvalue weighted by Crippen LogP contribution is 2.32. The van der Waals surface area contributed by atoms with Gasteiger partial charge in [-0.1, -0.05) is 42.6 Å². The third-order valence-corrected chi connectivity index (χ3v) is 6.71. The van der Waals surface area contributed by atoms with Gasteiger partial charge in [0.25, 0.3) is 5.91 Å². The number of carbonyl (C=O) groups is 3. The molecule has 0 spiro atoms. The highest BCUT2D eigenvalue weighted by atomic mass is 35.5. The average molecular weight is 470 g/mol. The van der Waals surface area contributed by atoms with E-state index >= 15 is 0 Å². The predicted molar refractivity (Wildman–Crippen MR) is 127 cm³/mol. The van der Waals surface area contributed by atoms with E-state index in [1.807, 2.05) is 13.0 Å². The molecule has 3 atom stereocenters. The van der Waals surface area contributed by atoms with Gasteiger partial charge in [0, 0.05) is 16.8 Å². The zero-order chi connectivity index (χ0) is 23.5. The van der Waals surface area contributed by atoms with Crippen LogP contribution in [0.3, 0.4) is 0 Å². The molecule has 7 nitrogen and oxygen atoms in total. The molecule has 2 N–H and O–H groups in total. The Hall–Kier alpha value is -3.06. The number of hydrogen-bond donors (Lipinski definition) is 2. The SMILES string of the molecule is COc1ccccc1C(=O)N1[C@H](CC(=O)Nc2cc(Cl)ccc2C)C(=O)N[C@H]2CCCC[C@H]21. The third kappa shape index (κ3) is 4.83. The molecule has 0 bridgehead atoms. The molecular weight excluding hydrogens is 442 g/mol. The fourth-order valence-corrected chi connectivity index (χ4v) is 4.97. The summed E-state index contributed by atoms with van der Waals surface area (Å²) in [4.78, 5) is 41.5. The minimum Gasteiger partial charge on any atom is -0.496 e. The van der Waals surface area contributed by atoms with Crippen LogP contribution in [0, 0.1) is 6.92 Å². The maximum absolute atomic E-state index is 13.7. The van der Waals surface area contributed by atoms with E-state index in [2.05, 4.69) is 10.6 Å². The molecule has 0 radical (unpaired) electrons. The predicted octanol–water partition coefficient (Wildman–Crippen LogP) is 3.94. The zero-order valence-corrected chi connectivity index (χ0v) is 19.5. The van der Waals surface area contributed by atoms with E-state index in [1.165, 1.54) is 7.11 Å². The van der Waals surface area contributed by atoms with Crippen molar-refractivity contribution in [3.8, 4) is 5.75 Å². The molecular formula is C25H28ClN3O4. The summed E-state index contributed by atoms with van der Waals surface area (Å²) < 4.78 is 5.40. The van der Waals surface area contributed by atoms with Crippen molar-refractivity contribution in [2.75, 3.05) is 12.4 Å². The lowest BCUT2D eigenvalue weighted by Gasteiger charge is -2.48. The fraction of sp³-hybridized carbons (Fsp3) is 0.400. The van der Waals surface area contributed by atoms with Crippen LogP contribution in [-0.2, 0) is 9.59 Å². The van der Waals surface area contributed by atoms with Gasteiger partial charge in [0.05, 0.1) is 25.1 Å². The molecule has 3 amide bonds. The lowest BCUT2D eigenvalue weighted by Crippen LogP contribution is -2.68. The Bertz CT molecular complexity index is 1070. The molecule has 2 fully saturated rings. The summed E-state index contributed by atoms with van der Waals surface area (Å²) in [6, 6.07) is 11.0. The summed E-state index contributed by atoms with van der Waals surface area (Å²) in [5, 5.41) is 6.41. The first-order valence-corrected chi connectivity index (χ1v) is 11.6. The van der Waals surface area contributed by atoms with Gasteiger partial charge in [0.15, 0.2) is 0 Å². The first kappa shape index (κ1) is 23.1. The summed E-state index contributed by atoms with van der Waals surface area (Å²) in [7, 11) is 1.51. The number of nitrogens with one attached hydrogen (secondary N) is 2. The van der Waals surface area contributed by atoms with Crippen molar-refractivity contribution in [1.29, 1.82) is 0 Å². The number of ether oxygens (including phenoxy) is 1. The molecule has 1 saturated carbocycles. The monoisotopic (exact) mass is 469 g/mol. The molecule has 0 unspecified atom stereocenters. The number of benzene rings is 2. The van der Waals surface area contributed by atoms with Crippen molar-refractivity contribution in [3.05, 3.63) is 58.6 Å². The number of fused-ring (bicyclic) bond motifs is 1. The van der Waals surface area contributed by atoms with Crippen LogP contribution in [0.4, 0.5) is 5.69 Å². The number of carbonyl (C=O) groups excluding carboxylic acids is 3. The van der Waals surface area contributed by atoms with Crippen LogP contribution in [0.15, 0.2) is 42.5 Å². The van der Waals surface area contributed by atoms with Gasteiger partial charge in [-0.25, -0.2) is 0 Å². The van der Waals surface area contributed by atoms with Gasteiger partial charge in [-0.15, -0.1) is 0 Å². The average Bonchev–Trinajstić information content (AvgIpc) is 2.81. The number of hydrogen-bond acceptors (Lipinski definition) is 4. The Balaban J connectivity index is 1.63. The van der Waals surface area contributed by atoms with Gasteiger partial charge in [-0.2, -0.15) is 0 Å². The van der Waals surface area contributed by atoms with Gasteiger partial charge in [-0.3, -0.25) is 14.4 Å². The van der Waals surface area contributed by atoms with Gasteiger partial charge in [0.1, 0.15) is 11.8 Å². The Morgan fingerprint density at radius 3 is 2.73 bits per heavy atom. The van der Waals surface area contributed by atoms with Crippen LogP contribution in [0.2, 0.25) is 5.02 Å². The van der Waals surface area contributed by atoms with Crippen LogP contribution >= 0.6 is 11.6 Å². The minimum atomic E-state index is -0.916. The van der Waals surface area contributed by atoms with E-state index < -0.39 is 6.04 Å². The molecule has 2 aromatic rings. The Morgan fingerprint density at radius 1 is 1.18 bits per heavy atom. The maximum atomic E-state index is 13.7. The third-order valence-electron chi connectivity index (χ3n) is 6.48. The second kappa shape index (κ2) is 9.83. The number of anilines is 1. The van der Waals surface area contributed by atoms with Crippen molar-refractivity contribution in [1.82, 2.24) is 10.2 Å².